The molecule has 0 radical (unpaired) electrons. The number of nitrogens with one attached hydrogen (secondary N) is 1. The Hall–Kier alpha value is -2.92. The van der Waals surface area contributed by atoms with E-state index in [1.54, 1.807) is 12.7 Å². The molecule has 0 saturated heterocycles. The average molecular weight is 317 g/mol. The summed E-state index contributed by atoms with van der Waals surface area (Å²) in [7, 11) is 0. The summed E-state index contributed by atoms with van der Waals surface area (Å²) in [6.45, 7) is 2.75. The van der Waals surface area contributed by atoms with E-state index in [0.29, 0.717) is 0 Å². The van der Waals surface area contributed by atoms with Gasteiger partial charge in [0.25, 0.3) is 0 Å². The molecule has 0 atom stereocenters. The van der Waals surface area contributed by atoms with Gasteiger partial charge in [0.05, 0.1) is 11.2 Å². The van der Waals surface area contributed by atoms with Gasteiger partial charge in [0, 0.05) is 25.8 Å². The van der Waals surface area contributed by atoms with Gasteiger partial charge in [-0.15, -0.1) is 10.2 Å². The number of benzene rings is 2. The first-order valence-electron chi connectivity index (χ1n) is 8.09. The number of rotatable bonds is 6. The third kappa shape index (κ3) is 3.07. The summed E-state index contributed by atoms with van der Waals surface area (Å²) in [6, 6.07) is 19.0. The summed E-state index contributed by atoms with van der Waals surface area (Å²) in [4.78, 5) is 0. The van der Waals surface area contributed by atoms with Crippen LogP contribution in [-0.2, 0) is 13.1 Å². The van der Waals surface area contributed by atoms with Crippen LogP contribution in [0.2, 0.25) is 0 Å². The molecule has 0 aliphatic heterocycles. The van der Waals surface area contributed by atoms with Crippen LogP contribution in [0.25, 0.3) is 16.6 Å². The molecule has 5 nitrogen and oxygen atoms in total. The molecular formula is C19H19N5. The highest BCUT2D eigenvalue weighted by atomic mass is 15.2. The molecule has 0 fully saturated rings. The van der Waals surface area contributed by atoms with Gasteiger partial charge in [0.2, 0.25) is 0 Å². The Morgan fingerprint density at radius 3 is 2.58 bits per heavy atom. The van der Waals surface area contributed by atoms with Gasteiger partial charge in [-0.05, 0) is 29.1 Å². The maximum atomic E-state index is 3.87. The van der Waals surface area contributed by atoms with Crippen molar-refractivity contribution in [1.82, 2.24) is 24.6 Å². The minimum absolute atomic E-state index is 0.895. The van der Waals surface area contributed by atoms with Gasteiger partial charge in [0.1, 0.15) is 12.7 Å². The van der Waals surface area contributed by atoms with Crippen LogP contribution >= 0.6 is 0 Å². The molecule has 4 aromatic rings. The summed E-state index contributed by atoms with van der Waals surface area (Å²) in [5.74, 6) is 0. The van der Waals surface area contributed by atoms with E-state index in [-0.39, 0.29) is 0 Å². The molecule has 24 heavy (non-hydrogen) atoms. The molecular weight excluding hydrogens is 298 g/mol. The van der Waals surface area contributed by atoms with Crippen LogP contribution in [0.1, 0.15) is 5.56 Å². The van der Waals surface area contributed by atoms with Crippen LogP contribution in [0, 0.1) is 0 Å². The zero-order chi connectivity index (χ0) is 16.2. The maximum absolute atomic E-state index is 3.87. The third-order valence-electron chi connectivity index (χ3n) is 4.18. The van der Waals surface area contributed by atoms with Crippen molar-refractivity contribution < 1.29 is 0 Å². The Bertz CT molecular complexity index is 910. The lowest BCUT2D eigenvalue weighted by Crippen LogP contribution is -2.19. The van der Waals surface area contributed by atoms with E-state index in [1.165, 1.54) is 16.5 Å². The van der Waals surface area contributed by atoms with Crippen molar-refractivity contribution in [3.05, 3.63) is 79.0 Å². The lowest BCUT2D eigenvalue weighted by Gasteiger charge is -2.09. The van der Waals surface area contributed by atoms with Gasteiger partial charge in [-0.25, -0.2) is 0 Å². The van der Waals surface area contributed by atoms with Crippen molar-refractivity contribution in [2.24, 2.45) is 0 Å². The summed E-state index contributed by atoms with van der Waals surface area (Å²) in [5.41, 5.74) is 3.61. The maximum Gasteiger partial charge on any atom is 0.123 e. The smallest absolute Gasteiger partial charge is 0.123 e. The second-order valence-electron chi connectivity index (χ2n) is 5.78. The molecule has 0 bridgehead atoms. The van der Waals surface area contributed by atoms with Gasteiger partial charge < -0.3 is 9.88 Å². The Labute approximate surface area is 140 Å². The van der Waals surface area contributed by atoms with Gasteiger partial charge >= 0.3 is 0 Å². The van der Waals surface area contributed by atoms with Crippen molar-refractivity contribution in [3.8, 4) is 5.69 Å². The highest BCUT2D eigenvalue weighted by Crippen LogP contribution is 2.19. The summed E-state index contributed by atoms with van der Waals surface area (Å²) in [5, 5.41) is 12.5. The molecule has 4 rings (SSSR count). The Balaban J connectivity index is 1.45. The molecule has 2 aromatic carbocycles. The first-order chi connectivity index (χ1) is 11.9. The minimum Gasteiger partial charge on any atom is -0.346 e. The predicted octanol–water partition coefficient (Wildman–Crippen LogP) is 3.01. The zero-order valence-electron chi connectivity index (χ0n) is 13.3. The molecule has 2 aromatic heterocycles. The molecule has 5 heteroatoms. The Kier molecular flexibility index (Phi) is 4.08. The standard InChI is InChI=1S/C19H19N5/c1-2-4-16(5-3-1)13-20-9-11-23-10-8-17-6-7-18(12-19(17)23)24-14-21-22-15-24/h1-8,10,12,14-15,20H,9,11,13H2. The largest absolute Gasteiger partial charge is 0.346 e. The van der Waals surface area contributed by atoms with E-state index in [0.717, 1.165) is 25.3 Å². The molecule has 0 aliphatic rings. The lowest BCUT2D eigenvalue weighted by molar-refractivity contribution is 0.609. The van der Waals surface area contributed by atoms with E-state index in [9.17, 15) is 0 Å². The molecule has 1 N–H and O–H groups in total. The van der Waals surface area contributed by atoms with E-state index in [1.807, 2.05) is 10.6 Å². The average Bonchev–Trinajstić information content (AvgIpc) is 3.29. The molecule has 120 valence electrons. The molecule has 0 saturated carbocycles. The number of nitrogens with zero attached hydrogens (tertiary/aromatic N) is 4. The third-order valence-corrected chi connectivity index (χ3v) is 4.18. The van der Waals surface area contributed by atoms with E-state index in [2.05, 4.69) is 74.8 Å². The first kappa shape index (κ1) is 14.7. The van der Waals surface area contributed by atoms with E-state index < -0.39 is 0 Å². The fourth-order valence-electron chi connectivity index (χ4n) is 2.89. The van der Waals surface area contributed by atoms with E-state index in [4.69, 9.17) is 0 Å². The fourth-order valence-corrected chi connectivity index (χ4v) is 2.89. The van der Waals surface area contributed by atoms with Crippen molar-refractivity contribution in [3.63, 3.8) is 0 Å². The van der Waals surface area contributed by atoms with Crippen LogP contribution in [0.15, 0.2) is 73.4 Å². The SMILES string of the molecule is c1ccc(CNCCn2ccc3ccc(-n4cnnc4)cc32)cc1. The van der Waals surface area contributed by atoms with E-state index >= 15 is 0 Å². The normalized spacial score (nSPS) is 11.2. The topological polar surface area (TPSA) is 47.7 Å². The summed E-state index contributed by atoms with van der Waals surface area (Å²) in [6.07, 6.45) is 5.58. The number of hydrogen-bond donors (Lipinski definition) is 1. The van der Waals surface area contributed by atoms with Gasteiger partial charge in [-0.2, -0.15) is 0 Å². The summed E-state index contributed by atoms with van der Waals surface area (Å²) >= 11 is 0. The van der Waals surface area contributed by atoms with Crippen molar-refractivity contribution in [2.45, 2.75) is 13.1 Å². The zero-order valence-corrected chi connectivity index (χ0v) is 13.3. The van der Waals surface area contributed by atoms with Crippen LogP contribution in [0.4, 0.5) is 0 Å². The summed E-state index contributed by atoms with van der Waals surface area (Å²) < 4.78 is 4.20. The fraction of sp³-hybridized carbons (Fsp3) is 0.158. The van der Waals surface area contributed by atoms with Crippen molar-refractivity contribution in [1.29, 1.82) is 0 Å². The second kappa shape index (κ2) is 6.68. The van der Waals surface area contributed by atoms with Gasteiger partial charge in [-0.1, -0.05) is 36.4 Å². The number of fused-ring (bicyclic) bond motifs is 1. The molecule has 0 aliphatic carbocycles. The monoisotopic (exact) mass is 317 g/mol. The lowest BCUT2D eigenvalue weighted by atomic mass is 10.2. The molecule has 0 unspecified atom stereocenters. The van der Waals surface area contributed by atoms with Crippen LogP contribution in [0.5, 0.6) is 0 Å². The van der Waals surface area contributed by atoms with Gasteiger partial charge in [0.15, 0.2) is 0 Å². The Morgan fingerprint density at radius 2 is 1.75 bits per heavy atom. The number of hydrogen-bond acceptors (Lipinski definition) is 3. The predicted molar refractivity (Wildman–Crippen MR) is 95.0 cm³/mol. The first-order valence-corrected chi connectivity index (χ1v) is 8.09. The Morgan fingerprint density at radius 1 is 0.917 bits per heavy atom. The van der Waals surface area contributed by atoms with Crippen LogP contribution in [0.3, 0.4) is 0 Å². The molecule has 0 spiro atoms. The number of aromatic nitrogens is 4. The van der Waals surface area contributed by atoms with Crippen LogP contribution < -0.4 is 5.32 Å². The molecule has 2 heterocycles. The van der Waals surface area contributed by atoms with Crippen molar-refractivity contribution >= 4 is 10.9 Å². The minimum atomic E-state index is 0.895. The van der Waals surface area contributed by atoms with Crippen molar-refractivity contribution in [2.75, 3.05) is 6.54 Å². The van der Waals surface area contributed by atoms with Gasteiger partial charge in [-0.3, -0.25) is 4.57 Å². The highest BCUT2D eigenvalue weighted by Gasteiger charge is 2.04. The molecule has 0 amide bonds. The van der Waals surface area contributed by atoms with Crippen LogP contribution in [-0.4, -0.2) is 25.9 Å². The second-order valence-corrected chi connectivity index (χ2v) is 5.78. The highest BCUT2D eigenvalue weighted by molar-refractivity contribution is 5.82. The quantitative estimate of drug-likeness (QED) is 0.556.